The Morgan fingerprint density at radius 3 is 1.94 bits per heavy atom. The van der Waals surface area contributed by atoms with Gasteiger partial charge in [-0.3, -0.25) is 4.79 Å². The monoisotopic (exact) mass is 278 g/mol. The second-order valence-corrected chi connectivity index (χ2v) is 8.82. The molecule has 0 fully saturated rings. The number of amides is 1. The average Bonchev–Trinajstić information content (AvgIpc) is 2.13. The zero-order valence-corrected chi connectivity index (χ0v) is 13.0. The first kappa shape index (κ1) is 17.4. The first-order valence-electron chi connectivity index (χ1n) is 6.04. The summed E-state index contributed by atoms with van der Waals surface area (Å²) in [4.78, 5) is 12.1. The number of sulfone groups is 1. The van der Waals surface area contributed by atoms with E-state index in [9.17, 15) is 13.2 Å². The van der Waals surface area contributed by atoms with Gasteiger partial charge in [0.2, 0.25) is 5.91 Å². The molecule has 0 aromatic heterocycles. The maximum absolute atomic E-state index is 12.1. The molecule has 0 rings (SSSR count). The van der Waals surface area contributed by atoms with E-state index in [1.165, 1.54) is 13.8 Å². The highest BCUT2D eigenvalue weighted by atomic mass is 32.2. The van der Waals surface area contributed by atoms with Crippen LogP contribution < -0.4 is 11.1 Å². The van der Waals surface area contributed by atoms with Gasteiger partial charge < -0.3 is 11.1 Å². The molecule has 1 unspecified atom stereocenters. The summed E-state index contributed by atoms with van der Waals surface area (Å²) in [5.41, 5.74) is 5.36. The minimum atomic E-state index is -3.45. The highest BCUT2D eigenvalue weighted by Gasteiger charge is 2.40. The summed E-state index contributed by atoms with van der Waals surface area (Å²) in [6.07, 6.45) is 1.69. The van der Waals surface area contributed by atoms with Crippen LogP contribution in [0.25, 0.3) is 0 Å². The third kappa shape index (κ3) is 4.24. The highest BCUT2D eigenvalue weighted by Crippen LogP contribution is 2.23. The minimum absolute atomic E-state index is 0.143. The molecule has 18 heavy (non-hydrogen) atoms. The van der Waals surface area contributed by atoms with Gasteiger partial charge >= 0.3 is 0 Å². The lowest BCUT2D eigenvalue weighted by Gasteiger charge is -2.34. The fourth-order valence-electron chi connectivity index (χ4n) is 1.39. The Balaban J connectivity index is 5.04. The molecule has 0 saturated carbocycles. The van der Waals surface area contributed by atoms with E-state index in [-0.39, 0.29) is 11.5 Å². The van der Waals surface area contributed by atoms with Crippen LogP contribution in [0.4, 0.5) is 0 Å². The van der Waals surface area contributed by atoms with Crippen molar-refractivity contribution in [1.29, 1.82) is 0 Å². The van der Waals surface area contributed by atoms with Crippen molar-refractivity contribution in [3.63, 3.8) is 0 Å². The molecule has 0 aliphatic rings. The van der Waals surface area contributed by atoms with E-state index in [1.807, 2.05) is 20.8 Å². The van der Waals surface area contributed by atoms with Crippen LogP contribution in [0.5, 0.6) is 0 Å². The minimum Gasteiger partial charge on any atom is -0.351 e. The smallest absolute Gasteiger partial charge is 0.241 e. The molecule has 0 bridgehead atoms. The van der Waals surface area contributed by atoms with Crippen molar-refractivity contribution in [3.05, 3.63) is 0 Å². The number of hydrogen-bond acceptors (Lipinski definition) is 4. The van der Waals surface area contributed by atoms with Crippen LogP contribution in [0.15, 0.2) is 0 Å². The topological polar surface area (TPSA) is 89.3 Å². The van der Waals surface area contributed by atoms with E-state index in [0.717, 1.165) is 6.26 Å². The summed E-state index contributed by atoms with van der Waals surface area (Å²) in [7, 11) is -3.45. The summed E-state index contributed by atoms with van der Waals surface area (Å²) in [5, 5.41) is 2.81. The van der Waals surface area contributed by atoms with Gasteiger partial charge in [0.1, 0.15) is 4.75 Å². The molecule has 0 aromatic carbocycles. The van der Waals surface area contributed by atoms with Gasteiger partial charge in [-0.1, -0.05) is 20.8 Å². The quantitative estimate of drug-likeness (QED) is 0.774. The molecular formula is C12H26N2O3S. The van der Waals surface area contributed by atoms with Crippen LogP contribution in [0.2, 0.25) is 0 Å². The molecule has 1 atom stereocenters. The molecule has 0 aliphatic heterocycles. The molecule has 6 heteroatoms. The van der Waals surface area contributed by atoms with Crippen LogP contribution >= 0.6 is 0 Å². The molecule has 0 saturated heterocycles. The van der Waals surface area contributed by atoms with Crippen molar-refractivity contribution < 1.29 is 13.2 Å². The molecule has 0 aromatic rings. The van der Waals surface area contributed by atoms with Gasteiger partial charge in [-0.2, -0.15) is 0 Å². The van der Waals surface area contributed by atoms with E-state index in [1.54, 1.807) is 0 Å². The Kier molecular flexibility index (Phi) is 5.38. The Morgan fingerprint density at radius 1 is 1.22 bits per heavy atom. The van der Waals surface area contributed by atoms with Crippen molar-refractivity contribution in [2.45, 2.75) is 51.8 Å². The van der Waals surface area contributed by atoms with Crippen LogP contribution in [-0.4, -0.2) is 37.9 Å². The summed E-state index contributed by atoms with van der Waals surface area (Å²) in [6, 6.07) is -0.143. The van der Waals surface area contributed by atoms with Crippen molar-refractivity contribution >= 4 is 15.7 Å². The molecule has 3 N–H and O–H groups in total. The molecule has 0 aliphatic carbocycles. The number of rotatable bonds is 5. The van der Waals surface area contributed by atoms with Crippen molar-refractivity contribution in [2.24, 2.45) is 11.1 Å². The summed E-state index contributed by atoms with van der Waals surface area (Å²) >= 11 is 0. The van der Waals surface area contributed by atoms with Crippen LogP contribution in [0, 0.1) is 5.41 Å². The summed E-state index contributed by atoms with van der Waals surface area (Å²) in [6.45, 7) is 9.24. The van der Waals surface area contributed by atoms with Gasteiger partial charge in [-0.05, 0) is 32.2 Å². The molecule has 0 spiro atoms. The molecular weight excluding hydrogens is 252 g/mol. The van der Waals surface area contributed by atoms with E-state index < -0.39 is 20.5 Å². The van der Waals surface area contributed by atoms with Gasteiger partial charge in [0.25, 0.3) is 0 Å². The Labute approximate surface area is 110 Å². The number of carbonyl (C=O) groups excluding carboxylic acids is 1. The molecule has 0 radical (unpaired) electrons. The van der Waals surface area contributed by atoms with E-state index in [4.69, 9.17) is 5.73 Å². The predicted molar refractivity (Wildman–Crippen MR) is 74.0 cm³/mol. The zero-order valence-electron chi connectivity index (χ0n) is 12.2. The van der Waals surface area contributed by atoms with Gasteiger partial charge in [-0.15, -0.1) is 0 Å². The first-order valence-corrected chi connectivity index (χ1v) is 7.94. The number of carbonyl (C=O) groups is 1. The fourth-order valence-corrected chi connectivity index (χ4v) is 1.78. The van der Waals surface area contributed by atoms with Gasteiger partial charge in [0, 0.05) is 12.3 Å². The molecule has 1 amide bonds. The normalized spacial score (nSPS) is 15.3. The largest absolute Gasteiger partial charge is 0.351 e. The van der Waals surface area contributed by atoms with Gasteiger partial charge in [-0.25, -0.2) is 8.42 Å². The molecule has 108 valence electrons. The lowest BCUT2D eigenvalue weighted by atomic mass is 9.84. The Hall–Kier alpha value is -0.620. The number of nitrogens with one attached hydrogen (secondary N) is 1. The maximum Gasteiger partial charge on any atom is 0.241 e. The number of nitrogens with two attached hydrogens (primary N) is 1. The second kappa shape index (κ2) is 5.57. The van der Waals surface area contributed by atoms with E-state index >= 15 is 0 Å². The summed E-state index contributed by atoms with van der Waals surface area (Å²) < 4.78 is 21.8. The maximum atomic E-state index is 12.1. The van der Waals surface area contributed by atoms with Crippen molar-refractivity contribution in [1.82, 2.24) is 5.32 Å². The van der Waals surface area contributed by atoms with Crippen LogP contribution in [-0.2, 0) is 14.6 Å². The first-order chi connectivity index (χ1) is 7.84. The Bertz CT molecular complexity index is 394. The standard InChI is InChI=1S/C12H26N2O3S/c1-11(2,3)9(7-8-13)14-10(15)12(4,5)18(6,16)17/h9H,7-8,13H2,1-6H3,(H,14,15). The van der Waals surface area contributed by atoms with Crippen molar-refractivity contribution in [3.8, 4) is 0 Å². The third-order valence-electron chi connectivity index (χ3n) is 3.28. The van der Waals surface area contributed by atoms with E-state index in [2.05, 4.69) is 5.32 Å². The van der Waals surface area contributed by atoms with Crippen LogP contribution in [0.3, 0.4) is 0 Å². The van der Waals surface area contributed by atoms with Gasteiger partial charge in [0.05, 0.1) is 0 Å². The SMILES string of the molecule is CC(C)(C)C(CCN)NC(=O)C(C)(C)S(C)(=O)=O. The predicted octanol–water partition coefficient (Wildman–Crippen LogP) is 0.689. The third-order valence-corrected chi connectivity index (χ3v) is 5.32. The van der Waals surface area contributed by atoms with Gasteiger partial charge in [0.15, 0.2) is 9.84 Å². The number of hydrogen-bond donors (Lipinski definition) is 2. The summed E-state index contributed by atoms with van der Waals surface area (Å²) in [5.74, 6) is -0.474. The lowest BCUT2D eigenvalue weighted by Crippen LogP contribution is -2.54. The average molecular weight is 278 g/mol. The van der Waals surface area contributed by atoms with Crippen LogP contribution in [0.1, 0.15) is 41.0 Å². The highest BCUT2D eigenvalue weighted by molar-refractivity contribution is 7.92. The molecule has 0 heterocycles. The van der Waals surface area contributed by atoms with E-state index in [0.29, 0.717) is 13.0 Å². The lowest BCUT2D eigenvalue weighted by molar-refractivity contribution is -0.124. The fraction of sp³-hybridized carbons (Fsp3) is 0.917. The Morgan fingerprint density at radius 2 is 1.67 bits per heavy atom. The van der Waals surface area contributed by atoms with Crippen molar-refractivity contribution in [2.75, 3.05) is 12.8 Å². The molecule has 5 nitrogen and oxygen atoms in total. The zero-order chi connectivity index (χ0) is 14.8. The second-order valence-electron chi connectivity index (χ2n) is 6.25.